The summed E-state index contributed by atoms with van der Waals surface area (Å²) in [6.07, 6.45) is 0. The topological polar surface area (TPSA) is 57.7 Å². The van der Waals surface area contributed by atoms with Crippen molar-refractivity contribution < 1.29 is 18.8 Å². The predicted molar refractivity (Wildman–Crippen MR) is 80.9 cm³/mol. The van der Waals surface area contributed by atoms with Gasteiger partial charge in [-0.15, -0.1) is 0 Å². The first-order valence-corrected chi connectivity index (χ1v) is 7.24. The fourth-order valence-corrected chi connectivity index (χ4v) is 2.16. The summed E-state index contributed by atoms with van der Waals surface area (Å²) in [4.78, 5) is 15.8. The summed E-state index contributed by atoms with van der Waals surface area (Å²) < 4.78 is 16.8. The van der Waals surface area contributed by atoms with E-state index in [0.29, 0.717) is 5.46 Å². The van der Waals surface area contributed by atoms with Crippen LogP contribution >= 0.6 is 11.6 Å². The summed E-state index contributed by atoms with van der Waals surface area (Å²) >= 11 is 5.98. The molecule has 1 aromatic rings. The number of aromatic nitrogens is 1. The molecule has 0 amide bonds. The first kappa shape index (κ1) is 16.3. The van der Waals surface area contributed by atoms with Gasteiger partial charge in [-0.05, 0) is 52.2 Å². The van der Waals surface area contributed by atoms with Crippen molar-refractivity contribution in [2.45, 2.75) is 45.8 Å². The summed E-state index contributed by atoms with van der Waals surface area (Å²) in [7, 11) is -0.594. The highest BCUT2D eigenvalue weighted by Crippen LogP contribution is 2.36. The van der Waals surface area contributed by atoms with Crippen LogP contribution in [0.5, 0.6) is 0 Å². The van der Waals surface area contributed by atoms with E-state index in [1.807, 2.05) is 27.7 Å². The monoisotopic (exact) mass is 311 g/mol. The molecule has 1 aliphatic heterocycles. The highest BCUT2D eigenvalue weighted by molar-refractivity contribution is 6.62. The van der Waals surface area contributed by atoms with Crippen molar-refractivity contribution in [1.82, 2.24) is 4.98 Å². The van der Waals surface area contributed by atoms with Gasteiger partial charge in [-0.3, -0.25) is 0 Å². The van der Waals surface area contributed by atoms with Gasteiger partial charge in [0.15, 0.2) is 0 Å². The van der Waals surface area contributed by atoms with Gasteiger partial charge in [0.2, 0.25) is 0 Å². The Morgan fingerprint density at radius 3 is 2.38 bits per heavy atom. The van der Waals surface area contributed by atoms with Gasteiger partial charge in [0.25, 0.3) is 0 Å². The van der Waals surface area contributed by atoms with Gasteiger partial charge in [0.1, 0.15) is 10.8 Å². The molecule has 2 heterocycles. The maximum absolute atomic E-state index is 11.8. The molecule has 7 heteroatoms. The number of halogens is 1. The van der Waals surface area contributed by atoms with Crippen molar-refractivity contribution >= 4 is 30.2 Å². The zero-order valence-corrected chi connectivity index (χ0v) is 13.7. The number of rotatable bonds is 3. The first-order valence-electron chi connectivity index (χ1n) is 6.86. The Hall–Kier alpha value is -1.11. The van der Waals surface area contributed by atoms with Crippen molar-refractivity contribution in [2.24, 2.45) is 0 Å². The van der Waals surface area contributed by atoms with Crippen molar-refractivity contribution in [3.05, 3.63) is 23.0 Å². The molecule has 1 aromatic heterocycles. The number of carbonyl (C=O) groups excluding carboxylic acids is 1. The van der Waals surface area contributed by atoms with Gasteiger partial charge in [-0.2, -0.15) is 0 Å². The number of hydrogen-bond acceptors (Lipinski definition) is 5. The molecule has 1 fully saturated rings. The van der Waals surface area contributed by atoms with Gasteiger partial charge in [-0.25, -0.2) is 9.78 Å². The molecule has 0 aromatic carbocycles. The van der Waals surface area contributed by atoms with Crippen LogP contribution in [0.1, 0.15) is 45.1 Å². The third kappa shape index (κ3) is 3.22. The summed E-state index contributed by atoms with van der Waals surface area (Å²) in [5.74, 6) is -0.516. The molecule has 0 radical (unpaired) electrons. The molecule has 0 unspecified atom stereocenters. The highest BCUT2D eigenvalue weighted by Gasteiger charge is 2.51. The van der Waals surface area contributed by atoms with E-state index < -0.39 is 24.3 Å². The van der Waals surface area contributed by atoms with Gasteiger partial charge >= 0.3 is 13.1 Å². The molecule has 114 valence electrons. The molecule has 0 aliphatic carbocycles. The molecule has 0 spiro atoms. The Kier molecular flexibility index (Phi) is 4.33. The number of nitrogens with zero attached hydrogens (tertiary/aromatic N) is 1. The SMILES string of the molecule is CCOC(=O)c1cc(B2OC(C)(C)C(C)(C)O2)cc(Cl)n1. The number of carbonyl (C=O) groups is 1. The van der Waals surface area contributed by atoms with E-state index in [1.54, 1.807) is 19.1 Å². The van der Waals surface area contributed by atoms with Gasteiger partial charge in [-0.1, -0.05) is 11.6 Å². The van der Waals surface area contributed by atoms with Crippen molar-refractivity contribution in [2.75, 3.05) is 6.61 Å². The van der Waals surface area contributed by atoms with Crippen LogP contribution in [0.15, 0.2) is 12.1 Å². The average molecular weight is 312 g/mol. The van der Waals surface area contributed by atoms with E-state index >= 15 is 0 Å². The quantitative estimate of drug-likeness (QED) is 0.487. The molecule has 5 nitrogen and oxygen atoms in total. The summed E-state index contributed by atoms with van der Waals surface area (Å²) in [6.45, 7) is 9.85. The van der Waals surface area contributed by atoms with Crippen LogP contribution in [0.3, 0.4) is 0 Å². The van der Waals surface area contributed by atoms with Crippen molar-refractivity contribution in [1.29, 1.82) is 0 Å². The van der Waals surface area contributed by atoms with E-state index in [1.165, 1.54) is 0 Å². The fraction of sp³-hybridized carbons (Fsp3) is 0.571. The van der Waals surface area contributed by atoms with E-state index in [-0.39, 0.29) is 17.5 Å². The lowest BCUT2D eigenvalue weighted by molar-refractivity contribution is 0.00578. The van der Waals surface area contributed by atoms with Crippen LogP contribution < -0.4 is 5.46 Å². The van der Waals surface area contributed by atoms with Gasteiger partial charge < -0.3 is 14.0 Å². The second-order valence-electron chi connectivity index (χ2n) is 5.92. The van der Waals surface area contributed by atoms with E-state index in [4.69, 9.17) is 25.6 Å². The number of ether oxygens (including phenoxy) is 1. The fourth-order valence-electron chi connectivity index (χ4n) is 1.94. The highest BCUT2D eigenvalue weighted by atomic mass is 35.5. The van der Waals surface area contributed by atoms with Gasteiger partial charge in [0.05, 0.1) is 17.8 Å². The molecule has 1 aliphatic rings. The molecule has 1 saturated heterocycles. The minimum atomic E-state index is -0.594. The largest absolute Gasteiger partial charge is 0.495 e. The third-order valence-corrected chi connectivity index (χ3v) is 4.02. The second-order valence-corrected chi connectivity index (χ2v) is 6.30. The lowest BCUT2D eigenvalue weighted by Crippen LogP contribution is -2.41. The average Bonchev–Trinajstić information content (AvgIpc) is 2.58. The molecular weight excluding hydrogens is 292 g/mol. The molecule has 0 bridgehead atoms. The lowest BCUT2D eigenvalue weighted by atomic mass is 9.79. The zero-order chi connectivity index (χ0) is 15.8. The molecular formula is C14H19BClNO4. The zero-order valence-electron chi connectivity index (χ0n) is 12.9. The number of pyridine rings is 1. The maximum atomic E-state index is 11.8. The maximum Gasteiger partial charge on any atom is 0.495 e. The Balaban J connectivity index is 2.32. The smallest absolute Gasteiger partial charge is 0.461 e. The van der Waals surface area contributed by atoms with Crippen LogP contribution in [0.4, 0.5) is 0 Å². The van der Waals surface area contributed by atoms with Crippen molar-refractivity contribution in [3.63, 3.8) is 0 Å². The Labute approximate surface area is 130 Å². The number of hydrogen-bond donors (Lipinski definition) is 0. The Bertz CT molecular complexity index is 546. The summed E-state index contributed by atoms with van der Waals surface area (Å²) in [6, 6.07) is 3.22. The van der Waals surface area contributed by atoms with E-state index in [0.717, 1.165) is 0 Å². The molecule has 0 N–H and O–H groups in total. The third-order valence-electron chi connectivity index (χ3n) is 3.83. The lowest BCUT2D eigenvalue weighted by Gasteiger charge is -2.32. The standard InChI is InChI=1S/C14H19BClNO4/c1-6-19-12(18)10-7-9(8-11(16)17-10)15-20-13(2,3)14(4,5)21-15/h7-8H,6H2,1-5H3. The Morgan fingerprint density at radius 2 is 1.86 bits per heavy atom. The molecule has 0 saturated carbocycles. The summed E-state index contributed by atoms with van der Waals surface area (Å²) in [5.41, 5.74) is -0.125. The predicted octanol–water partition coefficient (Wildman–Crippen LogP) is 2.21. The van der Waals surface area contributed by atoms with Crippen LogP contribution in [0.25, 0.3) is 0 Å². The molecule has 0 atom stereocenters. The number of esters is 1. The minimum Gasteiger partial charge on any atom is -0.461 e. The normalized spacial score (nSPS) is 19.6. The van der Waals surface area contributed by atoms with Gasteiger partial charge in [0, 0.05) is 0 Å². The van der Waals surface area contributed by atoms with Crippen LogP contribution in [-0.2, 0) is 14.0 Å². The summed E-state index contributed by atoms with van der Waals surface area (Å²) in [5, 5.41) is 0.199. The Morgan fingerprint density at radius 1 is 1.29 bits per heavy atom. The second kappa shape index (κ2) is 5.59. The van der Waals surface area contributed by atoms with Crippen LogP contribution in [0.2, 0.25) is 5.15 Å². The van der Waals surface area contributed by atoms with E-state index in [2.05, 4.69) is 4.98 Å². The van der Waals surface area contributed by atoms with E-state index in [9.17, 15) is 4.79 Å². The minimum absolute atomic E-state index is 0.147. The first-order chi connectivity index (χ1) is 9.66. The van der Waals surface area contributed by atoms with Crippen LogP contribution in [-0.4, -0.2) is 35.9 Å². The van der Waals surface area contributed by atoms with Crippen LogP contribution in [0, 0.1) is 0 Å². The molecule has 21 heavy (non-hydrogen) atoms. The van der Waals surface area contributed by atoms with Crippen molar-refractivity contribution in [3.8, 4) is 0 Å². The molecule has 2 rings (SSSR count).